The van der Waals surface area contributed by atoms with Gasteiger partial charge < -0.3 is 10.4 Å². The molecule has 0 aliphatic carbocycles. The lowest BCUT2D eigenvalue weighted by Gasteiger charge is -2.07. The summed E-state index contributed by atoms with van der Waals surface area (Å²) < 4.78 is 0. The van der Waals surface area contributed by atoms with E-state index in [0.717, 1.165) is 0 Å². The number of aromatic hydroxyl groups is 1. The summed E-state index contributed by atoms with van der Waals surface area (Å²) in [5.74, 6) is 1.54. The minimum atomic E-state index is -0.411. The van der Waals surface area contributed by atoms with Gasteiger partial charge in [0.05, 0.1) is 17.1 Å². The number of carbonyl (C=O) groups is 1. The van der Waals surface area contributed by atoms with E-state index in [1.807, 2.05) is 0 Å². The number of phenolic OH excluding ortho intramolecular Hbond substituents is 1. The Hall–Kier alpha value is -1.37. The molecule has 1 amide bonds. The highest BCUT2D eigenvalue weighted by Crippen LogP contribution is 2.34. The van der Waals surface area contributed by atoms with Crippen LogP contribution in [0.15, 0.2) is 12.1 Å². The molecule has 0 spiro atoms. The zero-order valence-corrected chi connectivity index (χ0v) is 9.06. The molecule has 0 aliphatic rings. The molecule has 1 aromatic carbocycles. The lowest BCUT2D eigenvalue weighted by Crippen LogP contribution is -2.10. The Morgan fingerprint density at radius 3 is 2.80 bits per heavy atom. The van der Waals surface area contributed by atoms with Crippen LogP contribution in [0.1, 0.15) is 6.42 Å². The zero-order valence-electron chi connectivity index (χ0n) is 7.55. The number of rotatable bonds is 2. The fraction of sp³-hybridized carbons (Fsp3) is 0.100. The topological polar surface area (TPSA) is 49.3 Å². The average molecular weight is 244 g/mol. The quantitative estimate of drug-likeness (QED) is 0.620. The van der Waals surface area contributed by atoms with Gasteiger partial charge in [0.25, 0.3) is 0 Å². The van der Waals surface area contributed by atoms with Gasteiger partial charge in [-0.25, -0.2) is 0 Å². The Morgan fingerprint density at radius 2 is 2.20 bits per heavy atom. The second kappa shape index (κ2) is 4.92. The Morgan fingerprint density at radius 1 is 1.53 bits per heavy atom. The summed E-state index contributed by atoms with van der Waals surface area (Å²) in [5.41, 5.74) is 0.146. The predicted octanol–water partition coefficient (Wildman–Crippen LogP) is 2.66. The summed E-state index contributed by atoms with van der Waals surface area (Å²) in [6.45, 7) is 0. The number of amides is 1. The van der Waals surface area contributed by atoms with Crippen LogP contribution in [0, 0.1) is 12.3 Å². The minimum absolute atomic E-state index is 0.0681. The summed E-state index contributed by atoms with van der Waals surface area (Å²) in [6.07, 6.45) is 4.88. The summed E-state index contributed by atoms with van der Waals surface area (Å²) in [4.78, 5) is 11.1. The molecule has 0 aliphatic heterocycles. The highest BCUT2D eigenvalue weighted by molar-refractivity contribution is 6.36. The van der Waals surface area contributed by atoms with Crippen molar-refractivity contribution < 1.29 is 9.90 Å². The third-order valence-electron chi connectivity index (χ3n) is 1.56. The fourth-order valence-electron chi connectivity index (χ4n) is 0.948. The first-order valence-corrected chi connectivity index (χ1v) is 4.71. The molecule has 78 valence electrons. The molecule has 0 bridgehead atoms. The van der Waals surface area contributed by atoms with Gasteiger partial charge in [-0.1, -0.05) is 29.1 Å². The van der Waals surface area contributed by atoms with Gasteiger partial charge in [-0.3, -0.25) is 4.79 Å². The molecule has 1 rings (SSSR count). The normalized spacial score (nSPS) is 9.40. The summed E-state index contributed by atoms with van der Waals surface area (Å²) >= 11 is 11.3. The molecule has 0 unspecified atom stereocenters. The summed E-state index contributed by atoms with van der Waals surface area (Å²) in [6, 6.07) is 2.76. The zero-order chi connectivity index (χ0) is 11.4. The van der Waals surface area contributed by atoms with Gasteiger partial charge in [-0.15, -0.1) is 6.42 Å². The van der Waals surface area contributed by atoms with E-state index < -0.39 is 5.91 Å². The average Bonchev–Trinajstić information content (AvgIpc) is 2.13. The Kier molecular flexibility index (Phi) is 3.84. The van der Waals surface area contributed by atoms with Gasteiger partial charge >= 0.3 is 0 Å². The number of nitrogens with one attached hydrogen (secondary N) is 1. The van der Waals surface area contributed by atoms with E-state index in [9.17, 15) is 9.90 Å². The van der Waals surface area contributed by atoms with E-state index in [0.29, 0.717) is 5.02 Å². The van der Waals surface area contributed by atoms with Crippen LogP contribution in [0.4, 0.5) is 5.69 Å². The number of hydrogen-bond donors (Lipinski definition) is 2. The lowest BCUT2D eigenvalue weighted by molar-refractivity contribution is -0.115. The number of phenols is 1. The van der Waals surface area contributed by atoms with Crippen LogP contribution in [-0.4, -0.2) is 11.0 Å². The Labute approximate surface area is 97.0 Å². The van der Waals surface area contributed by atoms with Crippen molar-refractivity contribution in [1.29, 1.82) is 0 Å². The molecule has 0 saturated heterocycles. The second-order valence-electron chi connectivity index (χ2n) is 2.71. The molecular weight excluding hydrogens is 237 g/mol. The summed E-state index contributed by atoms with van der Waals surface area (Å²) in [7, 11) is 0. The number of halogens is 2. The van der Waals surface area contributed by atoms with Crippen LogP contribution in [0.2, 0.25) is 10.0 Å². The van der Waals surface area contributed by atoms with E-state index in [2.05, 4.69) is 11.2 Å². The lowest BCUT2D eigenvalue weighted by atomic mass is 10.2. The Bertz CT molecular complexity index is 438. The maximum atomic E-state index is 11.1. The smallest absolute Gasteiger partial charge is 0.236 e. The molecule has 2 N–H and O–H groups in total. The van der Waals surface area contributed by atoms with Gasteiger partial charge in [-0.2, -0.15) is 0 Å². The standard InChI is InChI=1S/C10H7Cl2NO2/c1-2-3-9(14)13-8-5-6(11)4-7(12)10(8)15/h1,4-5,15H,3H2,(H,13,14). The molecule has 0 radical (unpaired) electrons. The van der Waals surface area contributed by atoms with Crippen molar-refractivity contribution in [3.63, 3.8) is 0 Å². The van der Waals surface area contributed by atoms with E-state index in [1.54, 1.807) is 0 Å². The largest absolute Gasteiger partial charge is 0.504 e. The van der Waals surface area contributed by atoms with Crippen LogP contribution >= 0.6 is 23.2 Å². The first-order chi connectivity index (χ1) is 7.04. The van der Waals surface area contributed by atoms with Crippen LogP contribution in [0.3, 0.4) is 0 Å². The van der Waals surface area contributed by atoms with E-state index in [4.69, 9.17) is 29.6 Å². The van der Waals surface area contributed by atoms with Crippen LogP contribution in [-0.2, 0) is 4.79 Å². The van der Waals surface area contributed by atoms with Crippen LogP contribution in [0.25, 0.3) is 0 Å². The van der Waals surface area contributed by atoms with Gasteiger partial charge in [-0.05, 0) is 12.1 Å². The third-order valence-corrected chi connectivity index (χ3v) is 2.07. The number of carbonyl (C=O) groups excluding carboxylic acids is 1. The number of benzene rings is 1. The molecule has 0 heterocycles. The molecular formula is C10H7Cl2NO2. The highest BCUT2D eigenvalue weighted by Gasteiger charge is 2.10. The van der Waals surface area contributed by atoms with Crippen LogP contribution < -0.4 is 5.32 Å². The molecule has 0 fully saturated rings. The summed E-state index contributed by atoms with van der Waals surface area (Å²) in [5, 5.41) is 12.3. The monoisotopic (exact) mass is 243 g/mol. The molecule has 3 nitrogen and oxygen atoms in total. The van der Waals surface area contributed by atoms with Crippen molar-refractivity contribution in [2.45, 2.75) is 6.42 Å². The fourth-order valence-corrected chi connectivity index (χ4v) is 1.44. The van der Waals surface area contributed by atoms with Gasteiger partial charge in [0.2, 0.25) is 5.91 Å². The maximum Gasteiger partial charge on any atom is 0.236 e. The molecule has 0 saturated carbocycles. The third kappa shape index (κ3) is 3.05. The first-order valence-electron chi connectivity index (χ1n) is 3.96. The second-order valence-corrected chi connectivity index (χ2v) is 3.56. The number of anilines is 1. The highest BCUT2D eigenvalue weighted by atomic mass is 35.5. The minimum Gasteiger partial charge on any atom is -0.504 e. The molecule has 5 heteroatoms. The van der Waals surface area contributed by atoms with Crippen LogP contribution in [0.5, 0.6) is 5.75 Å². The molecule has 15 heavy (non-hydrogen) atoms. The SMILES string of the molecule is C#CCC(=O)Nc1cc(Cl)cc(Cl)c1O. The van der Waals surface area contributed by atoms with Crippen molar-refractivity contribution in [2.24, 2.45) is 0 Å². The first kappa shape index (κ1) is 11.7. The Balaban J connectivity index is 2.95. The molecule has 0 aromatic heterocycles. The van der Waals surface area contributed by atoms with E-state index in [-0.39, 0.29) is 22.9 Å². The number of hydrogen-bond acceptors (Lipinski definition) is 2. The number of terminal acetylenes is 1. The van der Waals surface area contributed by atoms with Crippen molar-refractivity contribution in [3.8, 4) is 18.1 Å². The van der Waals surface area contributed by atoms with Crippen molar-refractivity contribution in [2.75, 3.05) is 5.32 Å². The predicted molar refractivity (Wildman–Crippen MR) is 60.2 cm³/mol. The van der Waals surface area contributed by atoms with Crippen molar-refractivity contribution in [3.05, 3.63) is 22.2 Å². The van der Waals surface area contributed by atoms with Crippen molar-refractivity contribution in [1.82, 2.24) is 0 Å². The van der Waals surface area contributed by atoms with Gasteiger partial charge in [0.15, 0.2) is 5.75 Å². The van der Waals surface area contributed by atoms with Gasteiger partial charge in [0.1, 0.15) is 0 Å². The van der Waals surface area contributed by atoms with Crippen molar-refractivity contribution >= 4 is 34.8 Å². The molecule has 0 atom stereocenters. The van der Waals surface area contributed by atoms with Gasteiger partial charge in [0, 0.05) is 5.02 Å². The molecule has 1 aromatic rings. The maximum absolute atomic E-state index is 11.1. The van der Waals surface area contributed by atoms with E-state index in [1.165, 1.54) is 12.1 Å². The van der Waals surface area contributed by atoms with E-state index >= 15 is 0 Å².